The van der Waals surface area contributed by atoms with Crippen LogP contribution in [0.1, 0.15) is 25.7 Å². The molecule has 166 valence electrons. The Labute approximate surface area is 184 Å². The van der Waals surface area contributed by atoms with Crippen molar-refractivity contribution < 1.29 is 19.4 Å². The maximum atomic E-state index is 12.6. The summed E-state index contributed by atoms with van der Waals surface area (Å²) in [6.45, 7) is 5.16. The molecule has 3 fully saturated rings. The predicted molar refractivity (Wildman–Crippen MR) is 117 cm³/mol. The van der Waals surface area contributed by atoms with Crippen LogP contribution in [-0.4, -0.2) is 79.2 Å². The molecule has 0 radical (unpaired) electrons. The van der Waals surface area contributed by atoms with Gasteiger partial charge in [-0.25, -0.2) is 0 Å². The predicted octanol–water partition coefficient (Wildman–Crippen LogP) is 1.78. The number of aliphatic hydroxyl groups is 1. The number of methoxy groups -OCH3 is 1. The molecule has 2 saturated heterocycles. The van der Waals surface area contributed by atoms with Crippen molar-refractivity contribution >= 4 is 29.9 Å². The van der Waals surface area contributed by atoms with Crippen LogP contribution in [0.25, 0.3) is 0 Å². The van der Waals surface area contributed by atoms with Crippen LogP contribution in [0.3, 0.4) is 0 Å². The average Bonchev–Trinajstić information content (AvgIpc) is 2.98. The van der Waals surface area contributed by atoms with Crippen molar-refractivity contribution in [1.29, 1.82) is 0 Å². The molecule has 3 unspecified atom stereocenters. The van der Waals surface area contributed by atoms with Crippen molar-refractivity contribution in [3.8, 4) is 5.75 Å². The number of halogens is 1. The Bertz CT molecular complexity index is 754. The molecule has 2 aliphatic heterocycles. The molecule has 7 nitrogen and oxygen atoms in total. The number of hydrogen-bond acceptors (Lipinski definition) is 6. The highest BCUT2D eigenvalue weighted by molar-refractivity contribution is 6.05. The van der Waals surface area contributed by atoms with Crippen LogP contribution in [0, 0.1) is 11.8 Å². The molecule has 1 aromatic rings. The normalized spacial score (nSPS) is 27.1. The number of para-hydroxylation sites is 2. The third-order valence-corrected chi connectivity index (χ3v) is 6.64. The Morgan fingerprint density at radius 1 is 1.00 bits per heavy atom. The summed E-state index contributed by atoms with van der Waals surface area (Å²) < 4.78 is 5.47. The fourth-order valence-electron chi connectivity index (χ4n) is 5.00. The first-order valence-corrected chi connectivity index (χ1v) is 10.7. The Kier molecular flexibility index (Phi) is 7.60. The zero-order valence-corrected chi connectivity index (χ0v) is 18.4. The van der Waals surface area contributed by atoms with Gasteiger partial charge in [0.05, 0.1) is 30.7 Å². The largest absolute Gasteiger partial charge is 0.495 e. The van der Waals surface area contributed by atoms with E-state index in [9.17, 15) is 14.7 Å². The molecule has 0 spiro atoms. The fraction of sp³-hybridized carbons (Fsp3) is 0.636. The number of nitrogens with zero attached hydrogens (tertiary/aromatic N) is 3. The smallest absolute Gasteiger partial charge is 0.233 e. The number of carbonyl (C=O) groups is 2. The number of carbonyl (C=O) groups excluding carboxylic acids is 2. The second-order valence-corrected chi connectivity index (χ2v) is 8.36. The van der Waals surface area contributed by atoms with Crippen molar-refractivity contribution in [2.75, 3.05) is 51.3 Å². The van der Waals surface area contributed by atoms with E-state index in [4.69, 9.17) is 4.74 Å². The molecule has 2 heterocycles. The van der Waals surface area contributed by atoms with Crippen molar-refractivity contribution in [3.05, 3.63) is 24.3 Å². The molecule has 2 amide bonds. The minimum absolute atomic E-state index is 0. The van der Waals surface area contributed by atoms with E-state index in [2.05, 4.69) is 15.9 Å². The van der Waals surface area contributed by atoms with E-state index in [1.54, 1.807) is 7.11 Å². The molecule has 4 rings (SSSR count). The molecule has 3 aliphatic rings. The zero-order chi connectivity index (χ0) is 20.4. The van der Waals surface area contributed by atoms with Crippen LogP contribution in [-0.2, 0) is 9.59 Å². The Balaban J connectivity index is 0.00000256. The molecular weight excluding hydrogens is 406 g/mol. The van der Waals surface area contributed by atoms with Crippen LogP contribution in [0.15, 0.2) is 24.3 Å². The van der Waals surface area contributed by atoms with Crippen molar-refractivity contribution in [2.45, 2.75) is 31.8 Å². The number of ether oxygens (including phenoxy) is 1. The first kappa shape index (κ1) is 22.8. The number of benzene rings is 1. The number of likely N-dealkylation sites (tertiary alicyclic amines) is 1. The van der Waals surface area contributed by atoms with E-state index < -0.39 is 6.10 Å². The summed E-state index contributed by atoms with van der Waals surface area (Å²) in [5.41, 5.74) is 1.13. The Morgan fingerprint density at radius 2 is 1.70 bits per heavy atom. The van der Waals surface area contributed by atoms with Gasteiger partial charge in [0.15, 0.2) is 0 Å². The van der Waals surface area contributed by atoms with Crippen molar-refractivity contribution in [2.24, 2.45) is 11.8 Å². The van der Waals surface area contributed by atoms with Gasteiger partial charge >= 0.3 is 0 Å². The summed E-state index contributed by atoms with van der Waals surface area (Å²) in [6, 6.07) is 8.10. The van der Waals surface area contributed by atoms with E-state index in [1.165, 1.54) is 4.90 Å². The first-order chi connectivity index (χ1) is 14.1. The lowest BCUT2D eigenvalue weighted by atomic mass is 9.80. The quantitative estimate of drug-likeness (QED) is 0.684. The lowest BCUT2D eigenvalue weighted by Gasteiger charge is -2.36. The van der Waals surface area contributed by atoms with Gasteiger partial charge in [-0.05, 0) is 44.4 Å². The zero-order valence-electron chi connectivity index (χ0n) is 17.5. The highest BCUT2D eigenvalue weighted by Gasteiger charge is 2.49. The van der Waals surface area contributed by atoms with E-state index in [0.29, 0.717) is 25.8 Å². The molecule has 30 heavy (non-hydrogen) atoms. The summed E-state index contributed by atoms with van der Waals surface area (Å²) in [7, 11) is 1.70. The SMILES string of the molecule is COc1ccccc1N1CCN(CCCN2C(=O)C3CCC(O)CC3C2=O)CC1.Cl. The van der Waals surface area contributed by atoms with Crippen LogP contribution >= 0.6 is 12.4 Å². The van der Waals surface area contributed by atoms with E-state index in [1.807, 2.05) is 18.2 Å². The maximum absolute atomic E-state index is 12.6. The number of hydrogen-bond donors (Lipinski definition) is 1. The molecule has 1 aromatic carbocycles. The second kappa shape index (κ2) is 9.98. The fourth-order valence-corrected chi connectivity index (χ4v) is 5.00. The monoisotopic (exact) mass is 437 g/mol. The van der Waals surface area contributed by atoms with Gasteiger partial charge in [-0.3, -0.25) is 19.4 Å². The van der Waals surface area contributed by atoms with Gasteiger partial charge < -0.3 is 14.7 Å². The van der Waals surface area contributed by atoms with Crippen molar-refractivity contribution in [1.82, 2.24) is 9.80 Å². The third-order valence-electron chi connectivity index (χ3n) is 6.64. The van der Waals surface area contributed by atoms with Gasteiger partial charge in [-0.2, -0.15) is 0 Å². The molecular formula is C22H32ClN3O4. The topological polar surface area (TPSA) is 73.3 Å². The molecule has 1 N–H and O–H groups in total. The number of piperazine rings is 1. The number of anilines is 1. The minimum atomic E-state index is -0.438. The van der Waals surface area contributed by atoms with E-state index in [0.717, 1.165) is 50.6 Å². The minimum Gasteiger partial charge on any atom is -0.495 e. The highest BCUT2D eigenvalue weighted by atomic mass is 35.5. The number of aliphatic hydroxyl groups excluding tert-OH is 1. The standard InChI is InChI=1S/C22H31N3O4.ClH/c1-29-20-6-3-2-5-19(20)24-13-11-23(12-14-24)9-4-10-25-21(27)17-8-7-16(26)15-18(17)22(25)28;/h2-3,5-6,16-18,26H,4,7-15H2,1H3;1H. The molecule has 3 atom stereocenters. The van der Waals surface area contributed by atoms with Gasteiger partial charge in [-0.1, -0.05) is 12.1 Å². The molecule has 0 bridgehead atoms. The van der Waals surface area contributed by atoms with E-state index >= 15 is 0 Å². The van der Waals surface area contributed by atoms with Crippen LogP contribution in [0.5, 0.6) is 5.75 Å². The van der Waals surface area contributed by atoms with Crippen molar-refractivity contribution in [3.63, 3.8) is 0 Å². The second-order valence-electron chi connectivity index (χ2n) is 8.36. The molecule has 0 aromatic heterocycles. The first-order valence-electron chi connectivity index (χ1n) is 10.7. The van der Waals surface area contributed by atoms with Crippen LogP contribution in [0.4, 0.5) is 5.69 Å². The summed E-state index contributed by atoms with van der Waals surface area (Å²) in [4.78, 5) is 31.4. The molecule has 1 aliphatic carbocycles. The summed E-state index contributed by atoms with van der Waals surface area (Å²) in [5, 5.41) is 9.83. The number of rotatable bonds is 6. The summed E-state index contributed by atoms with van der Waals surface area (Å²) in [6.07, 6.45) is 2.07. The van der Waals surface area contributed by atoms with Gasteiger partial charge in [0.1, 0.15) is 5.75 Å². The Hall–Kier alpha value is -1.83. The lowest BCUT2D eigenvalue weighted by Crippen LogP contribution is -2.47. The maximum Gasteiger partial charge on any atom is 0.233 e. The van der Waals surface area contributed by atoms with Crippen LogP contribution < -0.4 is 9.64 Å². The average molecular weight is 438 g/mol. The number of fused-ring (bicyclic) bond motifs is 1. The van der Waals surface area contributed by atoms with Gasteiger partial charge in [0.25, 0.3) is 0 Å². The highest BCUT2D eigenvalue weighted by Crippen LogP contribution is 2.38. The van der Waals surface area contributed by atoms with E-state index in [-0.39, 0.29) is 36.1 Å². The van der Waals surface area contributed by atoms with Gasteiger partial charge in [-0.15, -0.1) is 12.4 Å². The molecule has 1 saturated carbocycles. The third kappa shape index (κ3) is 4.58. The lowest BCUT2D eigenvalue weighted by molar-refractivity contribution is -0.140. The Morgan fingerprint density at radius 3 is 2.43 bits per heavy atom. The van der Waals surface area contributed by atoms with Crippen LogP contribution in [0.2, 0.25) is 0 Å². The number of amides is 2. The van der Waals surface area contributed by atoms with Gasteiger partial charge in [0.2, 0.25) is 11.8 Å². The molecule has 8 heteroatoms. The number of imide groups is 1. The summed E-state index contributed by atoms with van der Waals surface area (Å²) >= 11 is 0. The summed E-state index contributed by atoms with van der Waals surface area (Å²) in [5.74, 6) is 0.317. The van der Waals surface area contributed by atoms with Gasteiger partial charge in [0, 0.05) is 32.7 Å².